The fourth-order valence-corrected chi connectivity index (χ4v) is 5.93. The number of rotatable bonds is 19. The summed E-state index contributed by atoms with van der Waals surface area (Å²) in [4.78, 5) is 0. The first-order valence-corrected chi connectivity index (χ1v) is 16.7. The maximum absolute atomic E-state index is 11.9. The fourth-order valence-electron chi connectivity index (χ4n) is 5.93. The molecule has 0 radical (unpaired) electrons. The van der Waals surface area contributed by atoms with Gasteiger partial charge in [-0.05, 0) is 111 Å². The van der Waals surface area contributed by atoms with E-state index in [1.54, 1.807) is 0 Å². The summed E-state index contributed by atoms with van der Waals surface area (Å²) in [6.45, 7) is 11.3. The van der Waals surface area contributed by atoms with E-state index in [0.29, 0.717) is 0 Å². The normalized spacial score (nSPS) is 13.4. The van der Waals surface area contributed by atoms with Gasteiger partial charge >= 0.3 is 0 Å². The summed E-state index contributed by atoms with van der Waals surface area (Å²) in [5.74, 6) is 0. The summed E-state index contributed by atoms with van der Waals surface area (Å²) in [6.07, 6.45) is 22.3. The minimum absolute atomic E-state index is 0.948. The van der Waals surface area contributed by atoms with Crippen molar-refractivity contribution in [3.8, 4) is 0 Å². The van der Waals surface area contributed by atoms with Crippen molar-refractivity contribution in [2.24, 2.45) is 0 Å². The van der Waals surface area contributed by atoms with Crippen LogP contribution in [0.1, 0.15) is 151 Å². The summed E-state index contributed by atoms with van der Waals surface area (Å²) in [7, 11) is 0. The molecule has 0 spiro atoms. The number of hydrogen-bond donors (Lipinski definition) is 0. The van der Waals surface area contributed by atoms with Gasteiger partial charge in [-0.1, -0.05) is 91.7 Å². The monoisotopic (exact) mass is 540 g/mol. The van der Waals surface area contributed by atoms with Gasteiger partial charge < -0.3 is 5.53 Å². The van der Waals surface area contributed by atoms with Gasteiger partial charge in [-0.25, -0.2) is 4.70 Å². The van der Waals surface area contributed by atoms with E-state index >= 15 is 0 Å². The third-order valence-corrected chi connectivity index (χ3v) is 8.31. The highest BCUT2D eigenvalue weighted by Gasteiger charge is 2.29. The summed E-state index contributed by atoms with van der Waals surface area (Å²) < 4.78 is 1.54. The largest absolute Gasteiger partial charge is 0.493 e. The van der Waals surface area contributed by atoms with E-state index in [2.05, 4.69) is 77.1 Å². The molecule has 0 aliphatic carbocycles. The Morgan fingerprint density at radius 1 is 0.475 bits per heavy atom. The van der Waals surface area contributed by atoms with Crippen molar-refractivity contribution < 1.29 is 4.70 Å². The zero-order valence-corrected chi connectivity index (χ0v) is 26.5. The van der Waals surface area contributed by atoms with Crippen LogP contribution in [0.2, 0.25) is 0 Å². The van der Waals surface area contributed by atoms with Gasteiger partial charge in [-0.2, -0.15) is 0 Å². The van der Waals surface area contributed by atoms with E-state index < -0.39 is 0 Å². The second-order valence-electron chi connectivity index (χ2n) is 12.0. The zero-order chi connectivity index (χ0) is 28.7. The van der Waals surface area contributed by atoms with Gasteiger partial charge in [-0.3, -0.25) is 0 Å². The van der Waals surface area contributed by atoms with E-state index in [1.807, 2.05) is 0 Å². The quantitative estimate of drug-likeness (QED) is 0.125. The summed E-state index contributed by atoms with van der Waals surface area (Å²) in [5.41, 5.74) is 23.1. The molecule has 2 heteroatoms. The predicted octanol–water partition coefficient (Wildman–Crippen LogP) is 11.8. The Balaban J connectivity index is 2.02. The number of aryl methyl sites for hydroxylation is 4. The lowest BCUT2D eigenvalue weighted by Gasteiger charge is -2.14. The van der Waals surface area contributed by atoms with Crippen LogP contribution in [0, 0.1) is 0 Å². The molecule has 2 aromatic rings. The topological polar surface area (TPSA) is 25.3 Å². The summed E-state index contributed by atoms with van der Waals surface area (Å²) in [5, 5.41) is 0. The van der Waals surface area contributed by atoms with E-state index in [0.717, 1.165) is 56.3 Å². The SMILES string of the molecule is CCCCCc1cc(CCCCC)cc(C2=CC(CCCC)=C(c3cc(CCCC)cc(CCCC)c3)[N+]2=[N-])c1. The molecule has 40 heavy (non-hydrogen) atoms. The predicted molar refractivity (Wildman–Crippen MR) is 175 cm³/mol. The first kappa shape index (κ1) is 32.0. The van der Waals surface area contributed by atoms with E-state index in [-0.39, 0.29) is 0 Å². The van der Waals surface area contributed by atoms with Crippen LogP contribution in [0.15, 0.2) is 48.0 Å². The Morgan fingerprint density at radius 2 is 0.875 bits per heavy atom. The maximum Gasteiger partial charge on any atom is 0.210 e. The molecule has 0 aromatic heterocycles. The van der Waals surface area contributed by atoms with Crippen molar-refractivity contribution in [2.75, 3.05) is 0 Å². The third-order valence-electron chi connectivity index (χ3n) is 8.31. The number of benzene rings is 2. The van der Waals surface area contributed by atoms with E-state index in [1.165, 1.54) is 108 Å². The Bertz CT molecular complexity index is 1100. The molecule has 3 rings (SSSR count). The molecule has 1 aliphatic heterocycles. The molecule has 218 valence electrons. The van der Waals surface area contributed by atoms with Gasteiger partial charge in [0.05, 0.1) is 0 Å². The van der Waals surface area contributed by atoms with Crippen molar-refractivity contribution >= 4 is 11.4 Å². The average Bonchev–Trinajstić information content (AvgIpc) is 3.29. The summed E-state index contributed by atoms with van der Waals surface area (Å²) in [6, 6.07) is 14.2. The minimum atomic E-state index is 0.948. The smallest absolute Gasteiger partial charge is 0.210 e. The van der Waals surface area contributed by atoms with Crippen molar-refractivity contribution in [3.05, 3.63) is 87.0 Å². The lowest BCUT2D eigenvalue weighted by molar-refractivity contribution is -0.344. The Morgan fingerprint density at radius 3 is 1.32 bits per heavy atom. The van der Waals surface area contributed by atoms with Gasteiger partial charge in [0.1, 0.15) is 0 Å². The first-order valence-electron chi connectivity index (χ1n) is 16.7. The summed E-state index contributed by atoms with van der Waals surface area (Å²) >= 11 is 0. The van der Waals surface area contributed by atoms with Gasteiger partial charge in [0.2, 0.25) is 11.4 Å². The molecule has 1 aliphatic rings. The Labute approximate surface area is 246 Å². The molecule has 0 bridgehead atoms. The van der Waals surface area contributed by atoms with Crippen LogP contribution in [0.3, 0.4) is 0 Å². The Kier molecular flexibility index (Phi) is 13.9. The Hall–Kier alpha value is -2.48. The van der Waals surface area contributed by atoms with Crippen LogP contribution >= 0.6 is 0 Å². The number of nitrogens with zero attached hydrogens (tertiary/aromatic N) is 2. The molecule has 1 heterocycles. The van der Waals surface area contributed by atoms with Crippen molar-refractivity contribution in [1.29, 1.82) is 0 Å². The molecule has 0 atom stereocenters. The number of unbranched alkanes of at least 4 members (excludes halogenated alkanes) is 7. The van der Waals surface area contributed by atoms with Crippen LogP contribution in [-0.2, 0) is 25.7 Å². The zero-order valence-electron chi connectivity index (χ0n) is 26.5. The van der Waals surface area contributed by atoms with Crippen LogP contribution in [0.4, 0.5) is 0 Å². The van der Waals surface area contributed by atoms with Gasteiger partial charge in [0.25, 0.3) is 0 Å². The van der Waals surface area contributed by atoms with Gasteiger partial charge in [0, 0.05) is 22.8 Å². The second-order valence-corrected chi connectivity index (χ2v) is 12.0. The van der Waals surface area contributed by atoms with E-state index in [4.69, 9.17) is 0 Å². The molecule has 0 fully saturated rings. The highest BCUT2D eigenvalue weighted by molar-refractivity contribution is 5.79. The highest BCUT2D eigenvalue weighted by atomic mass is 15.2. The molecule has 0 amide bonds. The van der Waals surface area contributed by atoms with Crippen molar-refractivity contribution in [3.63, 3.8) is 0 Å². The molecule has 0 unspecified atom stereocenters. The van der Waals surface area contributed by atoms with Gasteiger partial charge in [-0.15, -0.1) is 0 Å². The van der Waals surface area contributed by atoms with Crippen molar-refractivity contribution in [1.82, 2.24) is 0 Å². The van der Waals surface area contributed by atoms with Crippen LogP contribution in [0.5, 0.6) is 0 Å². The molecule has 0 saturated carbocycles. The lowest BCUT2D eigenvalue weighted by Crippen LogP contribution is -2.05. The average molecular weight is 541 g/mol. The van der Waals surface area contributed by atoms with Crippen LogP contribution in [0.25, 0.3) is 16.9 Å². The molecular formula is C38H56N2. The van der Waals surface area contributed by atoms with Crippen LogP contribution in [-0.4, -0.2) is 4.70 Å². The minimum Gasteiger partial charge on any atom is -0.493 e. The molecule has 0 saturated heterocycles. The highest BCUT2D eigenvalue weighted by Crippen LogP contribution is 2.39. The standard InChI is InChI=1S/C38H56N2/c1-6-11-16-20-32-24-33(21-17-12-7-2)26-35(25-32)37-29-34(22-15-10-5)38(40(37)39)36-27-30(18-13-8-3)23-31(28-36)19-14-9-4/h23-29H,6-22H2,1-5H3. The van der Waals surface area contributed by atoms with Gasteiger partial charge in [0.15, 0.2) is 0 Å². The van der Waals surface area contributed by atoms with E-state index in [9.17, 15) is 5.53 Å². The second kappa shape index (κ2) is 17.4. The fraction of sp³-hybridized carbons (Fsp3) is 0.579. The number of hydrogen-bond acceptors (Lipinski definition) is 0. The lowest BCUT2D eigenvalue weighted by atomic mass is 9.95. The molecule has 0 N–H and O–H groups in total. The first-order chi connectivity index (χ1) is 19.5. The molecule has 2 aromatic carbocycles. The number of allylic oxidation sites excluding steroid dienone is 2. The molecular weight excluding hydrogens is 484 g/mol. The third kappa shape index (κ3) is 9.28. The van der Waals surface area contributed by atoms with Crippen LogP contribution < -0.4 is 0 Å². The molecule has 2 nitrogen and oxygen atoms in total. The van der Waals surface area contributed by atoms with Crippen molar-refractivity contribution in [2.45, 2.75) is 144 Å². The maximum atomic E-state index is 11.9.